The topological polar surface area (TPSA) is 61.8 Å². The molecule has 0 radical (unpaired) electrons. The highest BCUT2D eigenvalue weighted by Crippen LogP contribution is 2.40. The molecule has 2 aromatic carbocycles. The maximum absolute atomic E-state index is 13.8. The van der Waals surface area contributed by atoms with Gasteiger partial charge in [-0.05, 0) is 49.9 Å². The number of anilines is 1. The van der Waals surface area contributed by atoms with E-state index >= 15 is 0 Å². The van der Waals surface area contributed by atoms with E-state index in [9.17, 15) is 14.0 Å². The minimum atomic E-state index is -0.551. The molecule has 29 heavy (non-hydrogen) atoms. The predicted molar refractivity (Wildman–Crippen MR) is 114 cm³/mol. The molecule has 2 aliphatic rings. The van der Waals surface area contributed by atoms with Crippen molar-refractivity contribution in [2.45, 2.75) is 44.4 Å². The van der Waals surface area contributed by atoms with Crippen LogP contribution in [0.5, 0.6) is 0 Å². The molecular weight excluding hydrogens is 389 g/mol. The number of aliphatic imine (C=N–C) groups is 1. The molecule has 2 amide bonds. The summed E-state index contributed by atoms with van der Waals surface area (Å²) in [5.74, 6) is -0.973. The minimum Gasteiger partial charge on any atom is -0.324 e. The lowest BCUT2D eigenvalue weighted by atomic mass is 10.1. The summed E-state index contributed by atoms with van der Waals surface area (Å²) in [4.78, 5) is 32.0. The second-order valence-electron chi connectivity index (χ2n) is 7.41. The first-order valence-corrected chi connectivity index (χ1v) is 10.5. The van der Waals surface area contributed by atoms with Crippen LogP contribution in [0, 0.1) is 19.7 Å². The second-order valence-corrected chi connectivity index (χ2v) is 8.58. The SMILES string of the molecule is Cc1cccc(C)c1N=C1S[C@H](CC(=O)Nc2ccccc2F)C(=O)N1C1CC1. The van der Waals surface area contributed by atoms with Crippen molar-refractivity contribution in [1.82, 2.24) is 4.90 Å². The molecule has 0 unspecified atom stereocenters. The first kappa shape index (κ1) is 19.6. The van der Waals surface area contributed by atoms with Crippen molar-refractivity contribution >= 4 is 40.1 Å². The molecule has 150 valence electrons. The largest absolute Gasteiger partial charge is 0.324 e. The van der Waals surface area contributed by atoms with E-state index in [2.05, 4.69) is 5.32 Å². The van der Waals surface area contributed by atoms with Gasteiger partial charge < -0.3 is 5.32 Å². The highest BCUT2D eigenvalue weighted by molar-refractivity contribution is 8.15. The van der Waals surface area contributed by atoms with Crippen LogP contribution in [0.15, 0.2) is 47.5 Å². The third-order valence-corrected chi connectivity index (χ3v) is 6.20. The molecule has 1 aliphatic heterocycles. The number of rotatable bonds is 5. The predicted octanol–water partition coefficient (Wildman–Crippen LogP) is 4.57. The molecule has 1 saturated carbocycles. The molecule has 1 atom stereocenters. The van der Waals surface area contributed by atoms with Crippen molar-refractivity contribution in [2.24, 2.45) is 4.99 Å². The number of nitrogens with zero attached hydrogens (tertiary/aromatic N) is 2. The summed E-state index contributed by atoms with van der Waals surface area (Å²) in [6.07, 6.45) is 1.88. The number of thioether (sulfide) groups is 1. The molecular formula is C22H22FN3O2S. The smallest absolute Gasteiger partial charge is 0.242 e. The van der Waals surface area contributed by atoms with Crippen LogP contribution in [-0.4, -0.2) is 33.2 Å². The van der Waals surface area contributed by atoms with Gasteiger partial charge in [-0.2, -0.15) is 0 Å². The number of para-hydroxylation sites is 2. The molecule has 4 rings (SSSR count). The number of carbonyl (C=O) groups excluding carboxylic acids is 2. The van der Waals surface area contributed by atoms with E-state index in [-0.39, 0.29) is 30.0 Å². The Morgan fingerprint density at radius 3 is 2.52 bits per heavy atom. The van der Waals surface area contributed by atoms with Gasteiger partial charge in [0.05, 0.1) is 11.4 Å². The summed E-state index contributed by atoms with van der Waals surface area (Å²) >= 11 is 1.32. The number of hydrogen-bond donors (Lipinski definition) is 1. The van der Waals surface area contributed by atoms with Gasteiger partial charge in [0.1, 0.15) is 11.1 Å². The van der Waals surface area contributed by atoms with E-state index in [0.29, 0.717) is 5.17 Å². The second kappa shape index (κ2) is 7.99. The number of hydrogen-bond acceptors (Lipinski definition) is 4. The molecule has 1 heterocycles. The van der Waals surface area contributed by atoms with Crippen LogP contribution in [0.25, 0.3) is 0 Å². The molecule has 1 aliphatic carbocycles. The lowest BCUT2D eigenvalue weighted by Gasteiger charge is -2.16. The quantitative estimate of drug-likeness (QED) is 0.784. The van der Waals surface area contributed by atoms with Crippen LogP contribution in [0.2, 0.25) is 0 Å². The molecule has 7 heteroatoms. The Bertz CT molecular complexity index is 983. The maximum Gasteiger partial charge on any atom is 0.242 e. The van der Waals surface area contributed by atoms with Crippen molar-refractivity contribution < 1.29 is 14.0 Å². The molecule has 0 spiro atoms. The molecule has 2 aromatic rings. The van der Waals surface area contributed by atoms with Gasteiger partial charge in [0.15, 0.2) is 5.17 Å². The maximum atomic E-state index is 13.8. The van der Waals surface area contributed by atoms with Gasteiger partial charge in [0, 0.05) is 12.5 Å². The van der Waals surface area contributed by atoms with Crippen molar-refractivity contribution in [1.29, 1.82) is 0 Å². The fourth-order valence-corrected chi connectivity index (χ4v) is 4.57. The van der Waals surface area contributed by atoms with Gasteiger partial charge in [0.2, 0.25) is 11.8 Å². The molecule has 1 N–H and O–H groups in total. The van der Waals surface area contributed by atoms with E-state index in [1.54, 1.807) is 17.0 Å². The summed E-state index contributed by atoms with van der Waals surface area (Å²) in [6, 6.07) is 12.1. The fourth-order valence-electron chi connectivity index (χ4n) is 3.37. The average Bonchev–Trinajstić information content (AvgIpc) is 3.46. The summed E-state index contributed by atoms with van der Waals surface area (Å²) in [7, 11) is 0. The number of aryl methyl sites for hydroxylation is 2. The fraction of sp³-hybridized carbons (Fsp3) is 0.318. The Morgan fingerprint density at radius 2 is 1.86 bits per heavy atom. The summed E-state index contributed by atoms with van der Waals surface area (Å²) in [6.45, 7) is 3.99. The molecule has 1 saturated heterocycles. The lowest BCUT2D eigenvalue weighted by molar-refractivity contribution is -0.128. The van der Waals surface area contributed by atoms with Gasteiger partial charge in [-0.3, -0.25) is 14.5 Å². The Labute approximate surface area is 173 Å². The zero-order valence-electron chi connectivity index (χ0n) is 16.3. The van der Waals surface area contributed by atoms with Gasteiger partial charge in [-0.1, -0.05) is 42.1 Å². The Hall–Kier alpha value is -2.67. The number of carbonyl (C=O) groups is 2. The number of benzene rings is 2. The lowest BCUT2D eigenvalue weighted by Crippen LogP contribution is -2.35. The third kappa shape index (κ3) is 4.19. The van der Waals surface area contributed by atoms with Crippen LogP contribution in [-0.2, 0) is 9.59 Å². The van der Waals surface area contributed by atoms with E-state index in [1.807, 2.05) is 32.0 Å². The van der Waals surface area contributed by atoms with Crippen molar-refractivity contribution in [3.8, 4) is 0 Å². The molecule has 2 fully saturated rings. The van der Waals surface area contributed by atoms with Gasteiger partial charge >= 0.3 is 0 Å². The summed E-state index contributed by atoms with van der Waals surface area (Å²) in [5.41, 5.74) is 3.07. The molecule has 5 nitrogen and oxygen atoms in total. The van der Waals surface area contributed by atoms with Gasteiger partial charge in [-0.25, -0.2) is 9.38 Å². The minimum absolute atomic E-state index is 0.0210. The first-order valence-electron chi connectivity index (χ1n) is 9.63. The number of amides is 2. The number of nitrogens with one attached hydrogen (secondary N) is 1. The first-order chi connectivity index (χ1) is 13.9. The summed E-state index contributed by atoms with van der Waals surface area (Å²) in [5, 5.41) is 2.66. The number of amidine groups is 1. The van der Waals surface area contributed by atoms with Gasteiger partial charge in [0.25, 0.3) is 0 Å². The zero-order valence-corrected chi connectivity index (χ0v) is 17.1. The Balaban J connectivity index is 1.54. The van der Waals surface area contributed by atoms with Crippen LogP contribution in [0.3, 0.4) is 0 Å². The van der Waals surface area contributed by atoms with Crippen molar-refractivity contribution in [3.05, 3.63) is 59.4 Å². The number of halogens is 1. The monoisotopic (exact) mass is 411 g/mol. The van der Waals surface area contributed by atoms with Crippen molar-refractivity contribution in [2.75, 3.05) is 5.32 Å². The van der Waals surface area contributed by atoms with Gasteiger partial charge in [-0.15, -0.1) is 0 Å². The normalized spacial score (nSPS) is 20.4. The van der Waals surface area contributed by atoms with Crippen LogP contribution < -0.4 is 5.32 Å². The van der Waals surface area contributed by atoms with E-state index < -0.39 is 11.1 Å². The van der Waals surface area contributed by atoms with Crippen LogP contribution >= 0.6 is 11.8 Å². The summed E-state index contributed by atoms with van der Waals surface area (Å²) < 4.78 is 13.8. The van der Waals surface area contributed by atoms with Crippen molar-refractivity contribution in [3.63, 3.8) is 0 Å². The molecule has 0 bridgehead atoms. The highest BCUT2D eigenvalue weighted by Gasteiger charge is 2.46. The molecule has 0 aromatic heterocycles. The van der Waals surface area contributed by atoms with E-state index in [4.69, 9.17) is 4.99 Å². The third-order valence-electron chi connectivity index (χ3n) is 5.04. The average molecular weight is 412 g/mol. The Kier molecular flexibility index (Phi) is 5.41. The van der Waals surface area contributed by atoms with E-state index in [0.717, 1.165) is 29.7 Å². The zero-order chi connectivity index (χ0) is 20.5. The standard InChI is InChI=1S/C22H22FN3O2S/c1-13-6-5-7-14(2)20(13)25-22-26(15-10-11-15)21(28)18(29-22)12-19(27)24-17-9-4-3-8-16(17)23/h3-9,15,18H,10-12H2,1-2H3,(H,24,27)/t18-/m1/s1. The van der Waals surface area contributed by atoms with E-state index in [1.165, 1.54) is 23.9 Å². The van der Waals surface area contributed by atoms with Crippen LogP contribution in [0.4, 0.5) is 15.8 Å². The van der Waals surface area contributed by atoms with Crippen LogP contribution in [0.1, 0.15) is 30.4 Å². The highest BCUT2D eigenvalue weighted by atomic mass is 32.2. The Morgan fingerprint density at radius 1 is 1.17 bits per heavy atom.